The van der Waals surface area contributed by atoms with Crippen LogP contribution in [0.5, 0.6) is 0 Å². The van der Waals surface area contributed by atoms with E-state index in [1.165, 1.54) is 12.3 Å². The van der Waals surface area contributed by atoms with Gasteiger partial charge in [0.05, 0.1) is 6.20 Å². The maximum absolute atomic E-state index is 12.8. The minimum atomic E-state index is -0.451. The van der Waals surface area contributed by atoms with Crippen molar-refractivity contribution in [1.29, 1.82) is 0 Å². The number of pyridine rings is 1. The summed E-state index contributed by atoms with van der Waals surface area (Å²) in [5.41, 5.74) is 0.381. The fourth-order valence-electron chi connectivity index (χ4n) is 2.00. The summed E-state index contributed by atoms with van der Waals surface area (Å²) in [5, 5.41) is 3.26. The zero-order valence-corrected chi connectivity index (χ0v) is 9.08. The topological polar surface area (TPSA) is 42.0 Å². The molecule has 16 heavy (non-hydrogen) atoms. The van der Waals surface area contributed by atoms with E-state index < -0.39 is 5.82 Å². The Bertz CT molecular complexity index is 375. The number of Topliss-reactive ketones (excluding diaryl/α,β-unsaturated/α-hetero) is 1. The molecule has 1 N–H and O–H groups in total. The van der Waals surface area contributed by atoms with Crippen molar-refractivity contribution in [2.24, 2.45) is 5.92 Å². The quantitative estimate of drug-likeness (QED) is 0.790. The second-order valence-corrected chi connectivity index (χ2v) is 4.21. The van der Waals surface area contributed by atoms with Gasteiger partial charge in [-0.15, -0.1) is 0 Å². The third-order valence-electron chi connectivity index (χ3n) is 2.97. The van der Waals surface area contributed by atoms with Gasteiger partial charge in [-0.25, -0.2) is 4.39 Å². The van der Waals surface area contributed by atoms with Crippen LogP contribution in [0.15, 0.2) is 18.5 Å². The summed E-state index contributed by atoms with van der Waals surface area (Å²) in [4.78, 5) is 15.4. The molecule has 0 spiro atoms. The van der Waals surface area contributed by atoms with Crippen LogP contribution in [0, 0.1) is 11.7 Å². The minimum Gasteiger partial charge on any atom is -0.316 e. The average molecular weight is 222 g/mol. The summed E-state index contributed by atoms with van der Waals surface area (Å²) in [5.74, 6) is 0.123. The zero-order valence-electron chi connectivity index (χ0n) is 9.08. The maximum atomic E-state index is 12.8. The number of halogens is 1. The molecule has 0 radical (unpaired) electrons. The van der Waals surface area contributed by atoms with Crippen molar-refractivity contribution < 1.29 is 9.18 Å². The Labute approximate surface area is 94.1 Å². The molecule has 86 valence electrons. The molecule has 0 aromatic carbocycles. The van der Waals surface area contributed by atoms with Gasteiger partial charge < -0.3 is 5.32 Å². The molecule has 1 aromatic rings. The van der Waals surface area contributed by atoms with E-state index in [0.717, 1.165) is 32.1 Å². The van der Waals surface area contributed by atoms with Crippen LogP contribution in [-0.4, -0.2) is 23.9 Å². The van der Waals surface area contributed by atoms with Gasteiger partial charge in [-0.2, -0.15) is 0 Å². The van der Waals surface area contributed by atoms with Crippen molar-refractivity contribution in [3.05, 3.63) is 29.8 Å². The second-order valence-electron chi connectivity index (χ2n) is 4.21. The van der Waals surface area contributed by atoms with Gasteiger partial charge in [0.25, 0.3) is 0 Å². The molecule has 0 aliphatic carbocycles. The van der Waals surface area contributed by atoms with Crippen molar-refractivity contribution in [2.45, 2.75) is 19.3 Å². The molecule has 0 saturated carbocycles. The Kier molecular flexibility index (Phi) is 3.62. The van der Waals surface area contributed by atoms with E-state index in [2.05, 4.69) is 10.3 Å². The highest BCUT2D eigenvalue weighted by Gasteiger charge is 2.16. The number of rotatable bonds is 4. The van der Waals surface area contributed by atoms with E-state index in [0.29, 0.717) is 17.9 Å². The smallest absolute Gasteiger partial charge is 0.164 e. The van der Waals surface area contributed by atoms with Gasteiger partial charge in [0.2, 0.25) is 0 Å². The molecule has 4 heteroatoms. The van der Waals surface area contributed by atoms with Crippen molar-refractivity contribution in [3.63, 3.8) is 0 Å². The van der Waals surface area contributed by atoms with Crippen molar-refractivity contribution in [3.8, 4) is 0 Å². The van der Waals surface area contributed by atoms with Crippen LogP contribution in [0.3, 0.4) is 0 Å². The van der Waals surface area contributed by atoms with Gasteiger partial charge in [-0.1, -0.05) is 0 Å². The third-order valence-corrected chi connectivity index (χ3v) is 2.97. The number of carbonyl (C=O) groups is 1. The van der Waals surface area contributed by atoms with E-state index in [4.69, 9.17) is 0 Å². The monoisotopic (exact) mass is 222 g/mol. The summed E-state index contributed by atoms with van der Waals surface area (Å²) < 4.78 is 12.8. The molecule has 1 atom stereocenters. The van der Waals surface area contributed by atoms with E-state index in [9.17, 15) is 9.18 Å². The molecule has 1 fully saturated rings. The molecular formula is C12H15FN2O. The Hall–Kier alpha value is -1.29. The summed E-state index contributed by atoms with van der Waals surface area (Å²) in [7, 11) is 0. The highest BCUT2D eigenvalue weighted by atomic mass is 19.1. The van der Waals surface area contributed by atoms with Crippen LogP contribution in [0.25, 0.3) is 0 Å². The summed E-state index contributed by atoms with van der Waals surface area (Å²) in [6.45, 7) is 2.04. The Morgan fingerprint density at radius 2 is 2.44 bits per heavy atom. The number of hydrogen-bond donors (Lipinski definition) is 1. The Morgan fingerprint density at radius 1 is 1.56 bits per heavy atom. The SMILES string of the molecule is O=C(CCC1CCNC1)c1cncc(F)c1. The van der Waals surface area contributed by atoms with Crippen LogP contribution >= 0.6 is 0 Å². The first-order chi connectivity index (χ1) is 7.75. The molecule has 0 bridgehead atoms. The first kappa shape index (κ1) is 11.2. The largest absolute Gasteiger partial charge is 0.316 e. The molecule has 1 aliphatic heterocycles. The Balaban J connectivity index is 1.87. The molecule has 1 aromatic heterocycles. The molecular weight excluding hydrogens is 207 g/mol. The number of carbonyl (C=O) groups excluding carboxylic acids is 1. The van der Waals surface area contributed by atoms with Gasteiger partial charge in [0.1, 0.15) is 5.82 Å². The highest BCUT2D eigenvalue weighted by Crippen LogP contribution is 2.16. The molecule has 2 rings (SSSR count). The van der Waals surface area contributed by atoms with Crippen LogP contribution in [-0.2, 0) is 0 Å². The van der Waals surface area contributed by atoms with E-state index in [-0.39, 0.29) is 5.78 Å². The first-order valence-corrected chi connectivity index (χ1v) is 5.60. The molecule has 1 aliphatic rings. The lowest BCUT2D eigenvalue weighted by molar-refractivity contribution is 0.0974. The summed E-state index contributed by atoms with van der Waals surface area (Å²) in [6, 6.07) is 1.25. The first-order valence-electron chi connectivity index (χ1n) is 5.60. The van der Waals surface area contributed by atoms with Gasteiger partial charge in [0, 0.05) is 18.2 Å². The Morgan fingerprint density at radius 3 is 3.12 bits per heavy atom. The van der Waals surface area contributed by atoms with Crippen molar-refractivity contribution in [1.82, 2.24) is 10.3 Å². The van der Waals surface area contributed by atoms with E-state index in [1.807, 2.05) is 0 Å². The lowest BCUT2D eigenvalue weighted by Gasteiger charge is -2.06. The molecule has 1 unspecified atom stereocenters. The van der Waals surface area contributed by atoms with E-state index >= 15 is 0 Å². The van der Waals surface area contributed by atoms with Crippen LogP contribution in [0.2, 0.25) is 0 Å². The fourth-order valence-corrected chi connectivity index (χ4v) is 2.00. The lowest BCUT2D eigenvalue weighted by atomic mass is 9.99. The normalized spacial score (nSPS) is 19.9. The average Bonchev–Trinajstić information content (AvgIpc) is 2.78. The summed E-state index contributed by atoms with van der Waals surface area (Å²) in [6.07, 6.45) is 5.03. The van der Waals surface area contributed by atoms with Gasteiger partial charge in [0.15, 0.2) is 5.78 Å². The number of ketones is 1. The zero-order chi connectivity index (χ0) is 11.4. The number of nitrogens with one attached hydrogen (secondary N) is 1. The van der Waals surface area contributed by atoms with Crippen LogP contribution in [0.4, 0.5) is 4.39 Å². The predicted molar refractivity (Wildman–Crippen MR) is 58.7 cm³/mol. The van der Waals surface area contributed by atoms with Gasteiger partial charge >= 0.3 is 0 Å². The molecule has 2 heterocycles. The highest BCUT2D eigenvalue weighted by molar-refractivity contribution is 5.95. The standard InChI is InChI=1S/C12H15FN2O/c13-11-5-10(7-15-8-11)12(16)2-1-9-3-4-14-6-9/h5,7-9,14H,1-4,6H2. The number of nitrogens with zero attached hydrogens (tertiary/aromatic N) is 1. The van der Waals surface area contributed by atoms with E-state index in [1.54, 1.807) is 0 Å². The number of hydrogen-bond acceptors (Lipinski definition) is 3. The molecule has 3 nitrogen and oxygen atoms in total. The van der Waals surface area contributed by atoms with Gasteiger partial charge in [-0.05, 0) is 37.9 Å². The number of aromatic nitrogens is 1. The van der Waals surface area contributed by atoms with Crippen molar-refractivity contribution >= 4 is 5.78 Å². The maximum Gasteiger partial charge on any atom is 0.164 e. The lowest BCUT2D eigenvalue weighted by Crippen LogP contribution is -2.10. The third kappa shape index (κ3) is 2.85. The van der Waals surface area contributed by atoms with Crippen molar-refractivity contribution in [2.75, 3.05) is 13.1 Å². The molecule has 1 saturated heterocycles. The predicted octanol–water partition coefficient (Wildman–Crippen LogP) is 1.79. The van der Waals surface area contributed by atoms with Crippen LogP contribution < -0.4 is 5.32 Å². The van der Waals surface area contributed by atoms with Gasteiger partial charge in [-0.3, -0.25) is 9.78 Å². The fraction of sp³-hybridized carbons (Fsp3) is 0.500. The minimum absolute atomic E-state index is 0.0149. The molecule has 0 amide bonds. The second kappa shape index (κ2) is 5.16. The summed E-state index contributed by atoms with van der Waals surface area (Å²) >= 11 is 0. The van der Waals surface area contributed by atoms with Crippen LogP contribution in [0.1, 0.15) is 29.6 Å².